The van der Waals surface area contributed by atoms with E-state index < -0.39 is 5.97 Å². The van der Waals surface area contributed by atoms with Crippen LogP contribution in [0.1, 0.15) is 30.9 Å². The third-order valence-electron chi connectivity index (χ3n) is 3.38. The van der Waals surface area contributed by atoms with Gasteiger partial charge in [0.05, 0.1) is 6.61 Å². The van der Waals surface area contributed by atoms with Crippen molar-refractivity contribution in [2.24, 2.45) is 5.92 Å². The first-order valence-corrected chi connectivity index (χ1v) is 6.85. The first-order chi connectivity index (χ1) is 9.19. The zero-order valence-corrected chi connectivity index (χ0v) is 11.3. The highest BCUT2D eigenvalue weighted by Gasteiger charge is 2.23. The molecule has 19 heavy (non-hydrogen) atoms. The second kappa shape index (κ2) is 6.68. The van der Waals surface area contributed by atoms with Crippen molar-refractivity contribution >= 4 is 5.97 Å². The third kappa shape index (κ3) is 4.04. The fourth-order valence-corrected chi connectivity index (χ4v) is 2.53. The van der Waals surface area contributed by atoms with Crippen molar-refractivity contribution < 1.29 is 14.7 Å². The highest BCUT2D eigenvalue weighted by molar-refractivity contribution is 5.67. The number of hydrogen-bond donors (Lipinski definition) is 1. The molecule has 0 fully saturated rings. The van der Waals surface area contributed by atoms with Gasteiger partial charge in [0.2, 0.25) is 0 Å². The number of nitrogens with zero attached hydrogens (tertiary/aromatic N) is 1. The zero-order chi connectivity index (χ0) is 13.7. The van der Waals surface area contributed by atoms with Crippen molar-refractivity contribution in [3.05, 3.63) is 35.4 Å². The van der Waals surface area contributed by atoms with Gasteiger partial charge in [-0.25, -0.2) is 0 Å². The molecule has 1 atom stereocenters. The van der Waals surface area contributed by atoms with E-state index in [0.29, 0.717) is 13.2 Å². The molecule has 104 valence electrons. The van der Waals surface area contributed by atoms with Crippen LogP contribution in [0, 0.1) is 5.92 Å². The lowest BCUT2D eigenvalue weighted by molar-refractivity contribution is -0.173. The predicted molar refractivity (Wildman–Crippen MR) is 72.5 cm³/mol. The van der Waals surface area contributed by atoms with E-state index in [9.17, 15) is 4.79 Å². The van der Waals surface area contributed by atoms with Crippen molar-refractivity contribution in [3.63, 3.8) is 0 Å². The SMILES string of the molecule is CCCON1Cc2ccccc2CC(CC(=O)O)C1. The minimum Gasteiger partial charge on any atom is -0.481 e. The van der Waals surface area contributed by atoms with Crippen LogP contribution in [-0.2, 0) is 22.6 Å². The van der Waals surface area contributed by atoms with Gasteiger partial charge in [-0.3, -0.25) is 9.63 Å². The van der Waals surface area contributed by atoms with Gasteiger partial charge < -0.3 is 5.11 Å². The summed E-state index contributed by atoms with van der Waals surface area (Å²) < 4.78 is 0. The summed E-state index contributed by atoms with van der Waals surface area (Å²) in [5.41, 5.74) is 2.49. The third-order valence-corrected chi connectivity index (χ3v) is 3.38. The molecular weight excluding hydrogens is 242 g/mol. The molecule has 1 unspecified atom stereocenters. The second-order valence-corrected chi connectivity index (χ2v) is 5.09. The predicted octanol–water partition coefficient (Wildman–Crippen LogP) is 2.48. The number of carbonyl (C=O) groups is 1. The smallest absolute Gasteiger partial charge is 0.303 e. The van der Waals surface area contributed by atoms with Crippen LogP contribution in [-0.4, -0.2) is 29.3 Å². The Kier molecular flexibility index (Phi) is 4.93. The van der Waals surface area contributed by atoms with E-state index in [1.165, 1.54) is 11.1 Å². The fraction of sp³-hybridized carbons (Fsp3) is 0.533. The highest BCUT2D eigenvalue weighted by Crippen LogP contribution is 2.24. The number of carboxylic acid groups (broad SMARTS) is 1. The first-order valence-electron chi connectivity index (χ1n) is 6.85. The van der Waals surface area contributed by atoms with E-state index in [1.54, 1.807) is 0 Å². The van der Waals surface area contributed by atoms with Gasteiger partial charge in [0.1, 0.15) is 0 Å². The molecule has 1 aliphatic heterocycles. The van der Waals surface area contributed by atoms with Crippen LogP contribution in [0.3, 0.4) is 0 Å². The lowest BCUT2D eigenvalue weighted by Crippen LogP contribution is -2.29. The molecule has 1 heterocycles. The summed E-state index contributed by atoms with van der Waals surface area (Å²) in [5, 5.41) is 10.9. The Balaban J connectivity index is 2.14. The van der Waals surface area contributed by atoms with Crippen molar-refractivity contribution in [2.45, 2.75) is 32.7 Å². The largest absolute Gasteiger partial charge is 0.481 e. The molecule has 1 aromatic carbocycles. The summed E-state index contributed by atoms with van der Waals surface area (Å²) in [6, 6.07) is 8.22. The standard InChI is InChI=1S/C15H21NO3/c1-2-7-19-16-10-12(9-15(17)18)8-13-5-3-4-6-14(13)11-16/h3-6,12H,2,7-11H2,1H3,(H,17,18). The zero-order valence-electron chi connectivity index (χ0n) is 11.3. The Morgan fingerprint density at radius 1 is 1.42 bits per heavy atom. The summed E-state index contributed by atoms with van der Waals surface area (Å²) in [5.74, 6) is -0.627. The molecule has 0 aromatic heterocycles. The number of fused-ring (bicyclic) bond motifs is 1. The van der Waals surface area contributed by atoms with Crippen LogP contribution >= 0.6 is 0 Å². The van der Waals surface area contributed by atoms with E-state index >= 15 is 0 Å². The fourth-order valence-electron chi connectivity index (χ4n) is 2.53. The molecule has 2 rings (SSSR count). The van der Waals surface area contributed by atoms with Crippen LogP contribution in [0.25, 0.3) is 0 Å². The molecule has 1 aromatic rings. The number of carboxylic acids is 1. The minimum absolute atomic E-state index is 0.109. The quantitative estimate of drug-likeness (QED) is 0.886. The van der Waals surface area contributed by atoms with Gasteiger partial charge in [-0.05, 0) is 29.9 Å². The van der Waals surface area contributed by atoms with Crippen molar-refractivity contribution in [3.8, 4) is 0 Å². The summed E-state index contributed by atoms with van der Waals surface area (Å²) in [6.45, 7) is 4.18. The van der Waals surface area contributed by atoms with Crippen LogP contribution in [0.5, 0.6) is 0 Å². The maximum Gasteiger partial charge on any atom is 0.303 e. The van der Waals surface area contributed by atoms with E-state index in [-0.39, 0.29) is 12.3 Å². The molecule has 1 aliphatic rings. The Morgan fingerprint density at radius 2 is 2.16 bits per heavy atom. The normalized spacial score (nSPS) is 19.7. The number of rotatable bonds is 5. The van der Waals surface area contributed by atoms with Crippen LogP contribution in [0.4, 0.5) is 0 Å². The average Bonchev–Trinajstić information content (AvgIpc) is 2.53. The second-order valence-electron chi connectivity index (χ2n) is 5.09. The van der Waals surface area contributed by atoms with E-state index in [1.807, 2.05) is 17.2 Å². The van der Waals surface area contributed by atoms with Gasteiger partial charge in [0.25, 0.3) is 0 Å². The van der Waals surface area contributed by atoms with Gasteiger partial charge in [-0.1, -0.05) is 31.2 Å². The minimum atomic E-state index is -0.736. The molecule has 0 radical (unpaired) electrons. The maximum absolute atomic E-state index is 11.0. The number of benzene rings is 1. The average molecular weight is 263 g/mol. The van der Waals surface area contributed by atoms with E-state index in [0.717, 1.165) is 19.4 Å². The number of aliphatic carboxylic acids is 1. The van der Waals surface area contributed by atoms with Crippen molar-refractivity contribution in [1.29, 1.82) is 0 Å². The highest BCUT2D eigenvalue weighted by atomic mass is 16.7. The summed E-state index contributed by atoms with van der Waals surface area (Å²) in [6.07, 6.45) is 1.97. The monoisotopic (exact) mass is 263 g/mol. The van der Waals surface area contributed by atoms with Crippen LogP contribution in [0.15, 0.2) is 24.3 Å². The van der Waals surface area contributed by atoms with Gasteiger partial charge in [0, 0.05) is 19.5 Å². The van der Waals surface area contributed by atoms with E-state index in [2.05, 4.69) is 19.1 Å². The molecule has 0 saturated carbocycles. The first kappa shape index (κ1) is 14.0. The Hall–Kier alpha value is -1.39. The molecule has 0 bridgehead atoms. The molecule has 0 amide bonds. The Labute approximate surface area is 113 Å². The molecule has 4 heteroatoms. The summed E-state index contributed by atoms with van der Waals surface area (Å²) in [7, 11) is 0. The molecule has 0 spiro atoms. The topological polar surface area (TPSA) is 49.8 Å². The number of hydroxylamine groups is 2. The lowest BCUT2D eigenvalue weighted by Gasteiger charge is -2.22. The molecule has 4 nitrogen and oxygen atoms in total. The molecule has 0 aliphatic carbocycles. The van der Waals surface area contributed by atoms with Gasteiger partial charge in [0.15, 0.2) is 0 Å². The Morgan fingerprint density at radius 3 is 2.84 bits per heavy atom. The van der Waals surface area contributed by atoms with E-state index in [4.69, 9.17) is 9.94 Å². The molecule has 1 N–H and O–H groups in total. The summed E-state index contributed by atoms with van der Waals surface area (Å²) in [4.78, 5) is 16.7. The van der Waals surface area contributed by atoms with Gasteiger partial charge in [-0.2, -0.15) is 5.06 Å². The van der Waals surface area contributed by atoms with Crippen LogP contribution < -0.4 is 0 Å². The molecular formula is C15H21NO3. The molecule has 0 saturated heterocycles. The maximum atomic E-state index is 11.0. The van der Waals surface area contributed by atoms with Gasteiger partial charge >= 0.3 is 5.97 Å². The number of hydrogen-bond acceptors (Lipinski definition) is 3. The lowest BCUT2D eigenvalue weighted by atomic mass is 9.95. The van der Waals surface area contributed by atoms with Gasteiger partial charge in [-0.15, -0.1) is 0 Å². The summed E-state index contributed by atoms with van der Waals surface area (Å²) >= 11 is 0. The van der Waals surface area contributed by atoms with Crippen molar-refractivity contribution in [1.82, 2.24) is 5.06 Å². The van der Waals surface area contributed by atoms with Crippen LogP contribution in [0.2, 0.25) is 0 Å². The van der Waals surface area contributed by atoms with Crippen molar-refractivity contribution in [2.75, 3.05) is 13.2 Å². The Bertz CT molecular complexity index is 433.